The fourth-order valence-corrected chi connectivity index (χ4v) is 1.25. The van der Waals surface area contributed by atoms with Gasteiger partial charge >= 0.3 is 6.09 Å². The van der Waals surface area contributed by atoms with Crippen molar-refractivity contribution in [1.29, 1.82) is 0 Å². The molecule has 1 amide bonds. The summed E-state index contributed by atoms with van der Waals surface area (Å²) >= 11 is 0. The first-order valence-electron chi connectivity index (χ1n) is 3.94. The van der Waals surface area contributed by atoms with E-state index < -0.39 is 6.09 Å². The van der Waals surface area contributed by atoms with Gasteiger partial charge < -0.3 is 10.4 Å². The zero-order valence-corrected chi connectivity index (χ0v) is 7.59. The van der Waals surface area contributed by atoms with Crippen LogP contribution in [0.25, 0.3) is 0 Å². The minimum absolute atomic E-state index is 0.0625. The smallest absolute Gasteiger partial charge is 0.404 e. The molecular weight excluding hydrogens is 142 g/mol. The van der Waals surface area contributed by atoms with Crippen molar-refractivity contribution in [3.05, 3.63) is 0 Å². The molecule has 0 atom stereocenters. The van der Waals surface area contributed by atoms with Crippen LogP contribution in [0.1, 0.15) is 27.7 Å². The average molecular weight is 159 g/mol. The van der Waals surface area contributed by atoms with Crippen molar-refractivity contribution in [3.63, 3.8) is 0 Å². The molecule has 0 radical (unpaired) electrons. The van der Waals surface area contributed by atoms with Crippen LogP contribution in [-0.4, -0.2) is 17.2 Å². The summed E-state index contributed by atoms with van der Waals surface area (Å²) in [5.41, 5.74) is 0. The van der Waals surface area contributed by atoms with Crippen molar-refractivity contribution in [2.75, 3.05) is 0 Å². The third-order valence-corrected chi connectivity index (χ3v) is 1.73. The lowest BCUT2D eigenvalue weighted by atomic mass is 9.93. The van der Waals surface area contributed by atoms with Gasteiger partial charge in [-0.1, -0.05) is 27.7 Å². The van der Waals surface area contributed by atoms with E-state index in [1.54, 1.807) is 0 Å². The van der Waals surface area contributed by atoms with Crippen LogP contribution in [0.5, 0.6) is 0 Å². The highest BCUT2D eigenvalue weighted by molar-refractivity contribution is 5.64. The van der Waals surface area contributed by atoms with Crippen LogP contribution in [0.4, 0.5) is 4.79 Å². The number of carboxylic acid groups (broad SMARTS) is 1. The molecule has 66 valence electrons. The summed E-state index contributed by atoms with van der Waals surface area (Å²) in [4.78, 5) is 10.3. The Morgan fingerprint density at radius 2 is 1.55 bits per heavy atom. The van der Waals surface area contributed by atoms with Crippen LogP contribution >= 0.6 is 0 Å². The lowest BCUT2D eigenvalue weighted by molar-refractivity contribution is 0.179. The number of amides is 1. The van der Waals surface area contributed by atoms with Crippen molar-refractivity contribution in [2.24, 2.45) is 11.8 Å². The maximum atomic E-state index is 10.3. The van der Waals surface area contributed by atoms with Gasteiger partial charge in [-0.25, -0.2) is 4.79 Å². The van der Waals surface area contributed by atoms with Gasteiger partial charge in [-0.15, -0.1) is 0 Å². The van der Waals surface area contributed by atoms with Crippen LogP contribution in [0, 0.1) is 11.8 Å². The molecule has 0 aromatic rings. The Labute approximate surface area is 67.8 Å². The highest BCUT2D eigenvalue weighted by Gasteiger charge is 2.18. The van der Waals surface area contributed by atoms with Gasteiger partial charge in [0.1, 0.15) is 0 Å². The van der Waals surface area contributed by atoms with Crippen molar-refractivity contribution in [1.82, 2.24) is 5.32 Å². The number of nitrogens with one attached hydrogen (secondary N) is 1. The van der Waals surface area contributed by atoms with Crippen LogP contribution in [0.3, 0.4) is 0 Å². The molecule has 0 aliphatic heterocycles. The molecule has 0 aromatic heterocycles. The molecule has 11 heavy (non-hydrogen) atoms. The topological polar surface area (TPSA) is 49.3 Å². The molecule has 0 saturated carbocycles. The Bertz CT molecular complexity index is 124. The standard InChI is InChI=1S/C8H17NO2/c1-5(2)7(6(3)4)9-8(10)11/h5-7,9H,1-4H3,(H,10,11). The maximum absolute atomic E-state index is 10.3. The molecule has 0 aliphatic rings. The second-order valence-electron chi connectivity index (χ2n) is 3.46. The van der Waals surface area contributed by atoms with Crippen LogP contribution in [-0.2, 0) is 0 Å². The summed E-state index contributed by atoms with van der Waals surface area (Å²) in [6, 6.07) is 0.0625. The van der Waals surface area contributed by atoms with Gasteiger partial charge in [-0.2, -0.15) is 0 Å². The average Bonchev–Trinajstić information content (AvgIpc) is 1.81. The van der Waals surface area contributed by atoms with Gasteiger partial charge in [-0.3, -0.25) is 0 Å². The fourth-order valence-electron chi connectivity index (χ4n) is 1.25. The van der Waals surface area contributed by atoms with Gasteiger partial charge in [0.25, 0.3) is 0 Å². The number of carbonyl (C=O) groups is 1. The minimum Gasteiger partial charge on any atom is -0.465 e. The van der Waals surface area contributed by atoms with E-state index in [0.717, 1.165) is 0 Å². The first-order valence-corrected chi connectivity index (χ1v) is 3.94. The fraction of sp³-hybridized carbons (Fsp3) is 0.875. The SMILES string of the molecule is CC(C)C(NC(=O)O)C(C)C. The Kier molecular flexibility index (Phi) is 3.93. The molecule has 0 spiro atoms. The summed E-state index contributed by atoms with van der Waals surface area (Å²) in [6.45, 7) is 8.06. The molecule has 0 rings (SSSR count). The zero-order valence-electron chi connectivity index (χ0n) is 7.59. The van der Waals surface area contributed by atoms with Crippen LogP contribution in [0.2, 0.25) is 0 Å². The van der Waals surface area contributed by atoms with E-state index >= 15 is 0 Å². The Hall–Kier alpha value is -0.730. The third-order valence-electron chi connectivity index (χ3n) is 1.73. The second-order valence-corrected chi connectivity index (χ2v) is 3.46. The molecular formula is C8H17NO2. The van der Waals surface area contributed by atoms with Gasteiger partial charge in [0, 0.05) is 6.04 Å². The number of rotatable bonds is 3. The largest absolute Gasteiger partial charge is 0.465 e. The number of hydrogen-bond acceptors (Lipinski definition) is 1. The molecule has 0 unspecified atom stereocenters. The monoisotopic (exact) mass is 159 g/mol. The Morgan fingerprint density at radius 3 is 1.64 bits per heavy atom. The Morgan fingerprint density at radius 1 is 1.18 bits per heavy atom. The van der Waals surface area contributed by atoms with E-state index in [4.69, 9.17) is 5.11 Å². The molecule has 2 N–H and O–H groups in total. The number of hydrogen-bond donors (Lipinski definition) is 2. The molecule has 0 bridgehead atoms. The third kappa shape index (κ3) is 3.86. The summed E-state index contributed by atoms with van der Waals surface area (Å²) in [5.74, 6) is 0.706. The minimum atomic E-state index is -0.933. The summed E-state index contributed by atoms with van der Waals surface area (Å²) < 4.78 is 0. The summed E-state index contributed by atoms with van der Waals surface area (Å²) in [5, 5.41) is 11.0. The van der Waals surface area contributed by atoms with Gasteiger partial charge in [0.15, 0.2) is 0 Å². The molecule has 0 fully saturated rings. The van der Waals surface area contributed by atoms with E-state index in [1.807, 2.05) is 27.7 Å². The Balaban J connectivity index is 4.00. The van der Waals surface area contributed by atoms with Crippen molar-refractivity contribution >= 4 is 6.09 Å². The quantitative estimate of drug-likeness (QED) is 0.661. The zero-order chi connectivity index (χ0) is 9.02. The van der Waals surface area contributed by atoms with E-state index in [-0.39, 0.29) is 6.04 Å². The molecule has 0 heterocycles. The van der Waals surface area contributed by atoms with Gasteiger partial charge in [-0.05, 0) is 11.8 Å². The molecule has 3 heteroatoms. The maximum Gasteiger partial charge on any atom is 0.404 e. The highest BCUT2D eigenvalue weighted by Crippen LogP contribution is 2.11. The van der Waals surface area contributed by atoms with Crippen molar-refractivity contribution in [3.8, 4) is 0 Å². The van der Waals surface area contributed by atoms with Crippen LogP contribution < -0.4 is 5.32 Å². The summed E-state index contributed by atoms with van der Waals surface area (Å²) in [7, 11) is 0. The molecule has 3 nitrogen and oxygen atoms in total. The van der Waals surface area contributed by atoms with E-state index in [0.29, 0.717) is 11.8 Å². The van der Waals surface area contributed by atoms with Crippen LogP contribution in [0.15, 0.2) is 0 Å². The van der Waals surface area contributed by atoms with E-state index in [2.05, 4.69) is 5.32 Å². The molecule has 0 aromatic carbocycles. The van der Waals surface area contributed by atoms with E-state index in [1.165, 1.54) is 0 Å². The van der Waals surface area contributed by atoms with Crippen molar-refractivity contribution in [2.45, 2.75) is 33.7 Å². The lowest BCUT2D eigenvalue weighted by Gasteiger charge is -2.24. The first-order chi connectivity index (χ1) is 4.95. The normalized spacial score (nSPS) is 11.2. The first kappa shape index (κ1) is 10.3. The summed E-state index contributed by atoms with van der Waals surface area (Å²) in [6.07, 6.45) is -0.933. The van der Waals surface area contributed by atoms with Gasteiger partial charge in [0.05, 0.1) is 0 Å². The highest BCUT2D eigenvalue weighted by atomic mass is 16.4. The van der Waals surface area contributed by atoms with Crippen molar-refractivity contribution < 1.29 is 9.90 Å². The molecule has 0 aliphatic carbocycles. The second kappa shape index (κ2) is 4.21. The molecule has 0 saturated heterocycles. The van der Waals surface area contributed by atoms with Gasteiger partial charge in [0.2, 0.25) is 0 Å². The predicted molar refractivity (Wildman–Crippen MR) is 44.6 cm³/mol. The van der Waals surface area contributed by atoms with E-state index in [9.17, 15) is 4.79 Å². The lowest BCUT2D eigenvalue weighted by Crippen LogP contribution is -2.41. The predicted octanol–water partition coefficient (Wildman–Crippen LogP) is 1.93.